The molecule has 0 bridgehead atoms. The molecule has 0 radical (unpaired) electrons. The Morgan fingerprint density at radius 2 is 0.592 bits per heavy atom. The van der Waals surface area contributed by atoms with Crippen LogP contribution in [0.4, 0.5) is 0 Å². The predicted octanol–water partition coefficient (Wildman–Crippen LogP) is -4.69. The summed E-state index contributed by atoms with van der Waals surface area (Å²) in [4.78, 5) is 9.55. The number of hydrogen-bond acceptors (Lipinski definition) is 10. The van der Waals surface area contributed by atoms with Crippen LogP contribution in [0.2, 0.25) is 0 Å². The first-order valence-corrected chi connectivity index (χ1v) is 18.2. The summed E-state index contributed by atoms with van der Waals surface area (Å²) in [6, 6.07) is 0. The monoisotopic (exact) mass is 690 g/mol. The van der Waals surface area contributed by atoms with Crippen LogP contribution >= 0.6 is 0 Å². The van der Waals surface area contributed by atoms with Crippen molar-refractivity contribution in [3.8, 4) is 0 Å². The van der Waals surface area contributed by atoms with Crippen molar-refractivity contribution in [1.29, 1.82) is 0 Å². The molecule has 0 unspecified atom stereocenters. The Bertz CT molecular complexity index is 1060. The van der Waals surface area contributed by atoms with Crippen molar-refractivity contribution >= 4 is 0 Å². The highest BCUT2D eigenvalue weighted by atomic mass is 15.2. The van der Waals surface area contributed by atoms with E-state index in [1.165, 1.54) is 0 Å². The summed E-state index contributed by atoms with van der Waals surface area (Å²) in [6.07, 6.45) is 19.6. The van der Waals surface area contributed by atoms with Crippen molar-refractivity contribution in [3.63, 3.8) is 0 Å². The highest BCUT2D eigenvalue weighted by Gasteiger charge is 2.15. The highest BCUT2D eigenvalue weighted by molar-refractivity contribution is 4.72. The van der Waals surface area contributed by atoms with Gasteiger partial charge in [0.2, 0.25) is 19.0 Å². The van der Waals surface area contributed by atoms with Crippen molar-refractivity contribution in [2.75, 3.05) is 118 Å². The molecular formula is C33H69N16+3. The average molecular weight is 690 g/mol. The standard InChI is InChI=1S/C33H69N16/c34-1-7-40(8-2-35)13-19-44-25-28-47(31-44)22-16-43(17-23-48-29-26-45(32-48)20-14-41(9-3-36)10-4-37)18-24-49-30-27-46(33-49)21-15-42(11-5-38)12-6-39/h25-33H,1-24,34-39H2/q+3. The summed E-state index contributed by atoms with van der Waals surface area (Å²) in [5.41, 5.74) is 34.8. The zero-order valence-corrected chi connectivity index (χ0v) is 30.1. The van der Waals surface area contributed by atoms with Gasteiger partial charge < -0.3 is 34.4 Å². The minimum absolute atomic E-state index is 0.651. The van der Waals surface area contributed by atoms with Crippen LogP contribution < -0.4 is 48.1 Å². The molecule has 0 saturated carbocycles. The Balaban J connectivity index is 1.57. The van der Waals surface area contributed by atoms with E-state index < -0.39 is 0 Å². The fraction of sp³-hybridized carbons (Fsp3) is 0.727. The molecule has 12 N–H and O–H groups in total. The van der Waals surface area contributed by atoms with Crippen molar-refractivity contribution in [2.24, 2.45) is 34.4 Å². The molecule has 0 spiro atoms. The largest absolute Gasteiger partial charge is 0.329 e. The molecule has 16 heteroatoms. The Hall–Kier alpha value is -2.77. The SMILES string of the molecule is NCCN(CCN)CCn1cc[n+](CCN(CC[n+]2ccn(CCN(CCN)CCN)c2)CC[n+]2ccn(CCN(CCN)CCN)c2)c1. The van der Waals surface area contributed by atoms with Crippen LogP contribution in [0.15, 0.2) is 56.2 Å². The normalized spacial score (nSPS) is 12.1. The smallest absolute Gasteiger partial charge is 0.243 e. The fourth-order valence-electron chi connectivity index (χ4n) is 6.09. The molecule has 3 heterocycles. The highest BCUT2D eigenvalue weighted by Crippen LogP contribution is 1.96. The Labute approximate surface area is 294 Å². The first-order valence-electron chi connectivity index (χ1n) is 18.2. The predicted molar refractivity (Wildman–Crippen MR) is 194 cm³/mol. The summed E-state index contributed by atoms with van der Waals surface area (Å²) >= 11 is 0. The third-order valence-electron chi connectivity index (χ3n) is 8.96. The molecule has 0 amide bonds. The fourth-order valence-corrected chi connectivity index (χ4v) is 6.09. The van der Waals surface area contributed by atoms with Gasteiger partial charge in [0.05, 0.1) is 0 Å². The molecule has 0 aliphatic carbocycles. The van der Waals surface area contributed by atoms with E-state index in [9.17, 15) is 0 Å². The maximum absolute atomic E-state index is 5.79. The summed E-state index contributed by atoms with van der Waals surface area (Å²) in [5.74, 6) is 0. The second kappa shape index (κ2) is 24.4. The van der Waals surface area contributed by atoms with E-state index in [2.05, 4.69) is 103 Å². The second-order valence-electron chi connectivity index (χ2n) is 12.8. The van der Waals surface area contributed by atoms with Crippen LogP contribution in [0.3, 0.4) is 0 Å². The molecule has 0 fully saturated rings. The number of aromatic nitrogens is 6. The Morgan fingerprint density at radius 3 is 0.837 bits per heavy atom. The van der Waals surface area contributed by atoms with Gasteiger partial charge in [-0.2, -0.15) is 0 Å². The molecule has 0 aliphatic rings. The van der Waals surface area contributed by atoms with Crippen molar-refractivity contribution in [1.82, 2.24) is 33.3 Å². The molecule has 3 rings (SSSR count). The van der Waals surface area contributed by atoms with Crippen molar-refractivity contribution < 1.29 is 13.7 Å². The molecule has 278 valence electrons. The minimum atomic E-state index is 0.651. The van der Waals surface area contributed by atoms with E-state index in [1.807, 2.05) is 0 Å². The lowest BCUT2D eigenvalue weighted by molar-refractivity contribution is -0.705. The lowest BCUT2D eigenvalue weighted by Crippen LogP contribution is -2.47. The van der Waals surface area contributed by atoms with Crippen LogP contribution in [0.5, 0.6) is 0 Å². The number of nitrogens with zero attached hydrogens (tertiary/aromatic N) is 10. The van der Waals surface area contributed by atoms with Crippen molar-refractivity contribution in [2.45, 2.75) is 39.3 Å². The van der Waals surface area contributed by atoms with Crippen LogP contribution in [0.25, 0.3) is 0 Å². The Kier molecular flexibility index (Phi) is 20.2. The average Bonchev–Trinajstić information content (AvgIpc) is 3.87. The van der Waals surface area contributed by atoms with E-state index in [4.69, 9.17) is 34.4 Å². The van der Waals surface area contributed by atoms with E-state index in [0.717, 1.165) is 118 Å². The third-order valence-corrected chi connectivity index (χ3v) is 8.96. The molecule has 3 aromatic heterocycles. The maximum Gasteiger partial charge on any atom is 0.243 e. The van der Waals surface area contributed by atoms with Crippen LogP contribution in [-0.2, 0) is 39.3 Å². The van der Waals surface area contributed by atoms with E-state index >= 15 is 0 Å². The molecular weight excluding hydrogens is 620 g/mol. The first kappa shape index (κ1) is 40.7. The summed E-state index contributed by atoms with van der Waals surface area (Å²) in [5, 5.41) is 0. The van der Waals surface area contributed by atoms with Gasteiger partial charge in [0.25, 0.3) is 0 Å². The van der Waals surface area contributed by atoms with Crippen LogP contribution in [0.1, 0.15) is 0 Å². The van der Waals surface area contributed by atoms with Gasteiger partial charge in [-0.15, -0.1) is 0 Å². The third kappa shape index (κ3) is 16.2. The number of hydrogen-bond donors (Lipinski definition) is 6. The van der Waals surface area contributed by atoms with Gasteiger partial charge in [0.1, 0.15) is 76.4 Å². The maximum atomic E-state index is 5.79. The van der Waals surface area contributed by atoms with Gasteiger partial charge in [-0.3, -0.25) is 19.6 Å². The van der Waals surface area contributed by atoms with Crippen LogP contribution in [-0.4, -0.2) is 151 Å². The number of rotatable bonds is 30. The van der Waals surface area contributed by atoms with E-state index in [1.54, 1.807) is 0 Å². The van der Waals surface area contributed by atoms with Gasteiger partial charge in [-0.25, -0.2) is 27.4 Å². The lowest BCUT2D eigenvalue weighted by atomic mass is 10.4. The molecule has 3 aromatic rings. The van der Waals surface area contributed by atoms with Gasteiger partial charge in [0.15, 0.2) is 0 Å². The molecule has 16 nitrogen and oxygen atoms in total. The van der Waals surface area contributed by atoms with Gasteiger partial charge in [-0.1, -0.05) is 0 Å². The second-order valence-corrected chi connectivity index (χ2v) is 12.8. The topological polar surface area (TPSA) is 196 Å². The quantitative estimate of drug-likeness (QED) is 0.0371. The zero-order chi connectivity index (χ0) is 35.1. The lowest BCUT2D eigenvalue weighted by Gasteiger charge is -2.20. The first-order chi connectivity index (χ1) is 24.0. The number of nitrogens with two attached hydrogens (primary N) is 6. The van der Waals surface area contributed by atoms with Gasteiger partial charge >= 0.3 is 0 Å². The van der Waals surface area contributed by atoms with E-state index in [-0.39, 0.29) is 0 Å². The number of imidazole rings is 3. The summed E-state index contributed by atoms with van der Waals surface area (Å²) in [7, 11) is 0. The van der Waals surface area contributed by atoms with E-state index in [0.29, 0.717) is 39.3 Å². The molecule has 0 saturated heterocycles. The molecule has 0 aromatic carbocycles. The Morgan fingerprint density at radius 1 is 0.347 bits per heavy atom. The van der Waals surface area contributed by atoms with Crippen LogP contribution in [0, 0.1) is 0 Å². The minimum Gasteiger partial charge on any atom is -0.329 e. The summed E-state index contributed by atoms with van der Waals surface area (Å²) < 4.78 is 13.6. The van der Waals surface area contributed by atoms with Gasteiger partial charge in [-0.05, 0) is 0 Å². The zero-order valence-electron chi connectivity index (χ0n) is 30.1. The van der Waals surface area contributed by atoms with Gasteiger partial charge in [0, 0.05) is 118 Å². The molecule has 49 heavy (non-hydrogen) atoms. The van der Waals surface area contributed by atoms with Crippen molar-refractivity contribution in [3.05, 3.63) is 56.2 Å². The summed E-state index contributed by atoms with van der Waals surface area (Å²) in [6.45, 7) is 20.4. The molecule has 0 aliphatic heterocycles. The molecule has 0 atom stereocenters.